The maximum absolute atomic E-state index is 12.5. The van der Waals surface area contributed by atoms with Crippen molar-refractivity contribution in [3.63, 3.8) is 0 Å². The van der Waals surface area contributed by atoms with Crippen LogP contribution < -0.4 is 0 Å². The van der Waals surface area contributed by atoms with E-state index in [1.807, 2.05) is 0 Å². The Morgan fingerprint density at radius 3 is 2.64 bits per heavy atom. The summed E-state index contributed by atoms with van der Waals surface area (Å²) in [5.41, 5.74) is 0.539. The highest BCUT2D eigenvalue weighted by Crippen LogP contribution is 2.23. The van der Waals surface area contributed by atoms with E-state index in [1.54, 1.807) is 30.4 Å². The highest BCUT2D eigenvalue weighted by Gasteiger charge is 2.09. The van der Waals surface area contributed by atoms with Gasteiger partial charge in [0.1, 0.15) is 0 Å². The van der Waals surface area contributed by atoms with Gasteiger partial charge in [-0.1, -0.05) is 36.4 Å². The fraction of sp³-hybridized carbons (Fsp3) is 0.273. The summed E-state index contributed by atoms with van der Waals surface area (Å²) >= 11 is 0. The second kappa shape index (κ2) is 5.50. The minimum absolute atomic E-state index is 0.0293. The number of aliphatic hydroxyl groups excluding tert-OH is 1. The lowest BCUT2D eigenvalue weighted by atomic mass is 10.1. The van der Waals surface area contributed by atoms with E-state index in [2.05, 4.69) is 0 Å². The minimum atomic E-state index is -2.45. The molecule has 0 radical (unpaired) electrons. The van der Waals surface area contributed by atoms with Crippen LogP contribution in [0, 0.1) is 0 Å². The van der Waals surface area contributed by atoms with Gasteiger partial charge >= 0.3 is 0 Å². The summed E-state index contributed by atoms with van der Waals surface area (Å²) in [7, 11) is 0. The Bertz CT molecular complexity index is 308. The molecule has 0 atom stereocenters. The van der Waals surface area contributed by atoms with Crippen LogP contribution in [0.2, 0.25) is 0 Å². The first kappa shape index (κ1) is 10.9. The van der Waals surface area contributed by atoms with Crippen molar-refractivity contribution in [2.45, 2.75) is 12.8 Å². The lowest BCUT2D eigenvalue weighted by Gasteiger charge is -2.03. The molecule has 14 heavy (non-hydrogen) atoms. The van der Waals surface area contributed by atoms with Crippen LogP contribution in [0.15, 0.2) is 30.3 Å². The predicted octanol–water partition coefficient (Wildman–Crippen LogP) is 3.02. The summed E-state index contributed by atoms with van der Waals surface area (Å²) in [6.07, 6.45) is 1.32. The molecule has 1 rings (SSSR count). The Morgan fingerprint density at radius 2 is 2.00 bits per heavy atom. The van der Waals surface area contributed by atoms with Crippen molar-refractivity contribution in [2.75, 3.05) is 6.61 Å². The average Bonchev–Trinajstić information content (AvgIpc) is 2.19. The Morgan fingerprint density at radius 1 is 1.29 bits per heavy atom. The van der Waals surface area contributed by atoms with Crippen molar-refractivity contribution in [3.8, 4) is 0 Å². The number of aliphatic hydroxyl groups is 1. The summed E-state index contributed by atoms with van der Waals surface area (Å²) in [5, 5.41) is 8.52. The van der Waals surface area contributed by atoms with Crippen LogP contribution in [0.1, 0.15) is 24.0 Å². The molecule has 0 aliphatic rings. The topological polar surface area (TPSA) is 20.2 Å². The van der Waals surface area contributed by atoms with Crippen LogP contribution in [0.5, 0.6) is 0 Å². The quantitative estimate of drug-likeness (QED) is 0.788. The molecule has 0 bridgehead atoms. The molecule has 0 heterocycles. The van der Waals surface area contributed by atoms with Gasteiger partial charge in [0.2, 0.25) is 0 Å². The monoisotopic (exact) mass is 198 g/mol. The second-order valence-corrected chi connectivity index (χ2v) is 2.84. The number of halogens is 2. The number of rotatable bonds is 4. The first-order chi connectivity index (χ1) is 6.75. The largest absolute Gasteiger partial charge is 0.396 e. The van der Waals surface area contributed by atoms with Crippen LogP contribution in [-0.4, -0.2) is 11.7 Å². The van der Waals surface area contributed by atoms with Crippen molar-refractivity contribution >= 4 is 6.08 Å². The van der Waals surface area contributed by atoms with Gasteiger partial charge in [0.05, 0.1) is 0 Å². The lowest BCUT2D eigenvalue weighted by molar-refractivity contribution is 0.151. The third-order valence-electron chi connectivity index (χ3n) is 1.82. The molecular formula is C11H12F2O. The number of benzene rings is 1. The van der Waals surface area contributed by atoms with Crippen molar-refractivity contribution < 1.29 is 13.9 Å². The van der Waals surface area contributed by atoms with Gasteiger partial charge < -0.3 is 5.11 Å². The summed E-state index contributed by atoms with van der Waals surface area (Å²) in [6, 6.07) is 6.34. The molecule has 0 saturated carbocycles. The van der Waals surface area contributed by atoms with E-state index in [4.69, 9.17) is 5.11 Å². The van der Waals surface area contributed by atoms with Gasteiger partial charge in [-0.15, -0.1) is 0 Å². The summed E-state index contributed by atoms with van der Waals surface area (Å²) in [5.74, 6) is 0. The Hall–Kier alpha value is -1.22. The molecule has 0 aliphatic heterocycles. The SMILES string of the molecule is OCCC=Cc1ccccc1C(F)F. The maximum Gasteiger partial charge on any atom is 0.264 e. The molecule has 0 saturated heterocycles. The van der Waals surface area contributed by atoms with E-state index in [1.165, 1.54) is 6.07 Å². The van der Waals surface area contributed by atoms with Gasteiger partial charge in [0, 0.05) is 12.2 Å². The van der Waals surface area contributed by atoms with Gasteiger partial charge in [-0.2, -0.15) is 0 Å². The van der Waals surface area contributed by atoms with E-state index in [9.17, 15) is 8.78 Å². The Kier molecular flexibility index (Phi) is 4.26. The summed E-state index contributed by atoms with van der Waals surface area (Å²) in [4.78, 5) is 0. The molecule has 0 fully saturated rings. The molecule has 3 heteroatoms. The normalized spacial score (nSPS) is 11.4. The van der Waals surface area contributed by atoms with Crippen LogP contribution in [0.3, 0.4) is 0 Å². The first-order valence-electron chi connectivity index (χ1n) is 4.40. The zero-order valence-electron chi connectivity index (χ0n) is 7.66. The molecule has 0 amide bonds. The van der Waals surface area contributed by atoms with Crippen LogP contribution in [0.25, 0.3) is 6.08 Å². The molecule has 1 aromatic rings. The highest BCUT2D eigenvalue weighted by atomic mass is 19.3. The average molecular weight is 198 g/mol. The molecule has 1 N–H and O–H groups in total. The van der Waals surface area contributed by atoms with E-state index >= 15 is 0 Å². The number of alkyl halides is 2. The van der Waals surface area contributed by atoms with Crippen molar-refractivity contribution in [1.29, 1.82) is 0 Å². The molecule has 0 spiro atoms. The third kappa shape index (κ3) is 2.92. The number of hydrogen-bond donors (Lipinski definition) is 1. The third-order valence-corrected chi connectivity index (χ3v) is 1.82. The Balaban J connectivity index is 2.84. The molecule has 1 aromatic carbocycles. The summed E-state index contributed by atoms with van der Waals surface area (Å²) < 4.78 is 24.9. The van der Waals surface area contributed by atoms with Gasteiger partial charge in [0.15, 0.2) is 0 Å². The van der Waals surface area contributed by atoms with Gasteiger partial charge in [0.25, 0.3) is 6.43 Å². The predicted molar refractivity (Wildman–Crippen MR) is 52.1 cm³/mol. The van der Waals surface area contributed by atoms with Gasteiger partial charge in [-0.3, -0.25) is 0 Å². The van der Waals surface area contributed by atoms with E-state index < -0.39 is 6.43 Å². The molecule has 76 valence electrons. The minimum Gasteiger partial charge on any atom is -0.396 e. The van der Waals surface area contributed by atoms with Crippen molar-refractivity contribution in [2.24, 2.45) is 0 Å². The zero-order chi connectivity index (χ0) is 10.4. The summed E-state index contributed by atoms with van der Waals surface area (Å²) in [6.45, 7) is 0.0351. The molecule has 1 nitrogen and oxygen atoms in total. The standard InChI is InChI=1S/C11H12F2O/c12-11(13)10-7-2-1-5-9(10)6-3-4-8-14/h1-3,5-7,11,14H,4,8H2. The number of hydrogen-bond acceptors (Lipinski definition) is 1. The van der Waals surface area contributed by atoms with Crippen LogP contribution in [-0.2, 0) is 0 Å². The van der Waals surface area contributed by atoms with E-state index in [0.717, 1.165) is 0 Å². The Labute approximate surface area is 81.7 Å². The highest BCUT2D eigenvalue weighted by molar-refractivity contribution is 5.54. The first-order valence-corrected chi connectivity index (χ1v) is 4.40. The van der Waals surface area contributed by atoms with Crippen molar-refractivity contribution in [3.05, 3.63) is 41.5 Å². The second-order valence-electron chi connectivity index (χ2n) is 2.84. The zero-order valence-corrected chi connectivity index (χ0v) is 7.66. The molecular weight excluding hydrogens is 186 g/mol. The van der Waals surface area contributed by atoms with Gasteiger partial charge in [-0.25, -0.2) is 8.78 Å². The molecule has 0 unspecified atom stereocenters. The van der Waals surface area contributed by atoms with Crippen molar-refractivity contribution in [1.82, 2.24) is 0 Å². The maximum atomic E-state index is 12.5. The van der Waals surface area contributed by atoms with Crippen LogP contribution in [0.4, 0.5) is 8.78 Å². The van der Waals surface area contributed by atoms with Gasteiger partial charge in [-0.05, 0) is 12.0 Å². The smallest absolute Gasteiger partial charge is 0.264 e. The fourth-order valence-electron chi connectivity index (χ4n) is 1.15. The molecule has 0 aliphatic carbocycles. The lowest BCUT2D eigenvalue weighted by Crippen LogP contribution is -1.88. The van der Waals surface area contributed by atoms with Crippen LogP contribution >= 0.6 is 0 Å². The van der Waals surface area contributed by atoms with E-state index in [0.29, 0.717) is 12.0 Å². The van der Waals surface area contributed by atoms with E-state index in [-0.39, 0.29) is 12.2 Å². The fourth-order valence-corrected chi connectivity index (χ4v) is 1.15. The molecule has 0 aromatic heterocycles.